The lowest BCUT2D eigenvalue weighted by molar-refractivity contribution is 0.589. The van der Waals surface area contributed by atoms with Crippen molar-refractivity contribution in [2.75, 3.05) is 0 Å². The van der Waals surface area contributed by atoms with Crippen LogP contribution in [0.2, 0.25) is 0 Å². The molecule has 90 valence electrons. The summed E-state index contributed by atoms with van der Waals surface area (Å²) in [5.41, 5.74) is 4.00. The highest BCUT2D eigenvalue weighted by molar-refractivity contribution is 5.81. The molecule has 0 bridgehead atoms. The summed E-state index contributed by atoms with van der Waals surface area (Å²) in [5.74, 6) is -1.03. The Balaban J connectivity index is 2.29. The van der Waals surface area contributed by atoms with Gasteiger partial charge in [0.2, 0.25) is 0 Å². The zero-order valence-electron chi connectivity index (χ0n) is 10.0. The van der Waals surface area contributed by atoms with E-state index in [0.717, 1.165) is 17.5 Å². The highest BCUT2D eigenvalue weighted by Gasteiger charge is 2.18. The van der Waals surface area contributed by atoms with Crippen LogP contribution in [0.3, 0.4) is 0 Å². The fourth-order valence-electron chi connectivity index (χ4n) is 2.51. The van der Waals surface area contributed by atoms with E-state index in [-0.39, 0.29) is 5.56 Å². The summed E-state index contributed by atoms with van der Waals surface area (Å²) in [5, 5.41) is 0. The molecule has 3 rings (SSSR count). The average molecular weight is 242 g/mol. The molecule has 0 radical (unpaired) electrons. The molecule has 0 N–H and O–H groups in total. The Bertz CT molecular complexity index is 634. The zero-order valence-corrected chi connectivity index (χ0v) is 10.0. The summed E-state index contributed by atoms with van der Waals surface area (Å²) in [6, 6.07) is 9.61. The van der Waals surface area contributed by atoms with Crippen molar-refractivity contribution in [3.8, 4) is 11.1 Å². The summed E-state index contributed by atoms with van der Waals surface area (Å²) in [4.78, 5) is 0. The second-order valence-electron chi connectivity index (χ2n) is 4.64. The highest BCUT2D eigenvalue weighted by atomic mass is 19.1. The first kappa shape index (κ1) is 11.1. The van der Waals surface area contributed by atoms with Gasteiger partial charge >= 0.3 is 0 Å². The predicted molar refractivity (Wildman–Crippen MR) is 69.1 cm³/mol. The Hall–Kier alpha value is -1.96. The van der Waals surface area contributed by atoms with Gasteiger partial charge in [0.1, 0.15) is 11.6 Å². The van der Waals surface area contributed by atoms with Crippen molar-refractivity contribution < 1.29 is 8.78 Å². The average Bonchev–Trinajstić information content (AvgIpc) is 2.70. The van der Waals surface area contributed by atoms with Crippen molar-refractivity contribution in [1.82, 2.24) is 0 Å². The number of fused-ring (bicyclic) bond motifs is 1. The van der Waals surface area contributed by atoms with Gasteiger partial charge in [-0.2, -0.15) is 0 Å². The molecule has 1 aliphatic carbocycles. The number of allylic oxidation sites excluding steroid dienone is 1. The molecule has 0 unspecified atom stereocenters. The van der Waals surface area contributed by atoms with Gasteiger partial charge in [0.25, 0.3) is 0 Å². The summed E-state index contributed by atoms with van der Waals surface area (Å²) in [6.07, 6.45) is 2.87. The maximum atomic E-state index is 13.8. The van der Waals surface area contributed by atoms with Gasteiger partial charge in [-0.25, -0.2) is 8.78 Å². The fraction of sp³-hybridized carbons (Fsp3) is 0.125. The van der Waals surface area contributed by atoms with Gasteiger partial charge in [-0.15, -0.1) is 0 Å². The van der Waals surface area contributed by atoms with Crippen molar-refractivity contribution in [3.05, 3.63) is 64.7 Å². The third-order valence-corrected chi connectivity index (χ3v) is 3.29. The van der Waals surface area contributed by atoms with Crippen LogP contribution in [0, 0.1) is 11.6 Å². The van der Waals surface area contributed by atoms with Crippen molar-refractivity contribution in [1.29, 1.82) is 0 Å². The van der Waals surface area contributed by atoms with E-state index >= 15 is 0 Å². The molecule has 0 saturated heterocycles. The third kappa shape index (κ3) is 1.65. The third-order valence-electron chi connectivity index (χ3n) is 3.29. The highest BCUT2D eigenvalue weighted by Crippen LogP contribution is 2.36. The normalized spacial score (nSPS) is 13.4. The smallest absolute Gasteiger partial charge is 0.133 e. The first-order chi connectivity index (χ1) is 8.66. The number of benzene rings is 2. The van der Waals surface area contributed by atoms with Crippen LogP contribution in [0.5, 0.6) is 0 Å². The van der Waals surface area contributed by atoms with E-state index in [9.17, 15) is 8.78 Å². The Kier molecular flexibility index (Phi) is 2.51. The molecule has 0 heterocycles. The molecule has 0 spiro atoms. The van der Waals surface area contributed by atoms with E-state index in [1.807, 2.05) is 25.1 Å². The molecule has 2 heteroatoms. The quantitative estimate of drug-likeness (QED) is 0.686. The van der Waals surface area contributed by atoms with E-state index in [1.54, 1.807) is 6.07 Å². The first-order valence-corrected chi connectivity index (χ1v) is 5.90. The molecule has 2 aromatic rings. The van der Waals surface area contributed by atoms with Crippen LogP contribution in [0.1, 0.15) is 18.1 Å². The molecule has 0 nitrogen and oxygen atoms in total. The van der Waals surface area contributed by atoms with Crippen molar-refractivity contribution in [2.24, 2.45) is 0 Å². The Morgan fingerprint density at radius 3 is 2.33 bits per heavy atom. The first-order valence-electron chi connectivity index (χ1n) is 5.90. The van der Waals surface area contributed by atoms with Gasteiger partial charge < -0.3 is 0 Å². The number of hydrogen-bond acceptors (Lipinski definition) is 0. The molecule has 0 saturated carbocycles. The molecule has 0 amide bonds. The largest absolute Gasteiger partial charge is 0.206 e. The zero-order chi connectivity index (χ0) is 12.7. The van der Waals surface area contributed by atoms with Crippen LogP contribution in [0.4, 0.5) is 8.78 Å². The Morgan fingerprint density at radius 2 is 1.61 bits per heavy atom. The van der Waals surface area contributed by atoms with Crippen LogP contribution in [-0.2, 0) is 6.42 Å². The van der Waals surface area contributed by atoms with Gasteiger partial charge in [-0.1, -0.05) is 35.9 Å². The van der Waals surface area contributed by atoms with Gasteiger partial charge in [0.05, 0.1) is 5.56 Å². The van der Waals surface area contributed by atoms with Crippen molar-refractivity contribution >= 4 is 6.08 Å². The lowest BCUT2D eigenvalue weighted by Gasteiger charge is -2.09. The van der Waals surface area contributed by atoms with E-state index in [2.05, 4.69) is 0 Å². The molecule has 1 aliphatic rings. The van der Waals surface area contributed by atoms with Gasteiger partial charge in [0.15, 0.2) is 0 Å². The van der Waals surface area contributed by atoms with Crippen molar-refractivity contribution in [3.63, 3.8) is 0 Å². The van der Waals surface area contributed by atoms with Crippen LogP contribution >= 0.6 is 0 Å². The molecule has 2 aromatic carbocycles. The fourth-order valence-corrected chi connectivity index (χ4v) is 2.51. The molecular weight excluding hydrogens is 230 g/mol. The van der Waals surface area contributed by atoms with E-state index in [1.165, 1.54) is 23.8 Å². The molecule has 0 aromatic heterocycles. The molecular formula is C16H12F2. The van der Waals surface area contributed by atoms with Crippen LogP contribution in [0.15, 0.2) is 42.0 Å². The maximum Gasteiger partial charge on any atom is 0.133 e. The van der Waals surface area contributed by atoms with Crippen molar-refractivity contribution in [2.45, 2.75) is 13.3 Å². The molecule has 0 fully saturated rings. The molecule has 0 aliphatic heterocycles. The minimum atomic E-state index is -0.513. The Labute approximate surface area is 105 Å². The minimum absolute atomic E-state index is 0.0697. The minimum Gasteiger partial charge on any atom is -0.206 e. The van der Waals surface area contributed by atoms with Gasteiger partial charge in [-0.3, -0.25) is 0 Å². The maximum absolute atomic E-state index is 13.8. The monoisotopic (exact) mass is 242 g/mol. The van der Waals surface area contributed by atoms with Gasteiger partial charge in [0, 0.05) is 0 Å². The molecule has 18 heavy (non-hydrogen) atoms. The topological polar surface area (TPSA) is 0 Å². The van der Waals surface area contributed by atoms with E-state index in [0.29, 0.717) is 5.56 Å². The summed E-state index contributed by atoms with van der Waals surface area (Å²) >= 11 is 0. The number of halogens is 2. The second-order valence-corrected chi connectivity index (χ2v) is 4.64. The van der Waals surface area contributed by atoms with Crippen LogP contribution in [-0.4, -0.2) is 0 Å². The van der Waals surface area contributed by atoms with Gasteiger partial charge in [-0.05, 0) is 42.2 Å². The second kappa shape index (κ2) is 4.05. The van der Waals surface area contributed by atoms with E-state index in [4.69, 9.17) is 0 Å². The predicted octanol–water partition coefficient (Wildman–Crippen LogP) is 4.59. The SMILES string of the molecule is CC1=Cc2c(cccc2-c2c(F)cccc2F)C1. The standard InChI is InChI=1S/C16H12F2/c1-10-8-11-4-2-5-12(13(11)9-10)16-14(17)6-3-7-15(16)18/h2-7,9H,8H2,1H3. The number of rotatable bonds is 1. The lowest BCUT2D eigenvalue weighted by atomic mass is 9.96. The summed E-state index contributed by atoms with van der Waals surface area (Å²) < 4.78 is 27.7. The molecule has 0 atom stereocenters. The summed E-state index contributed by atoms with van der Waals surface area (Å²) in [7, 11) is 0. The number of hydrogen-bond donors (Lipinski definition) is 0. The summed E-state index contributed by atoms with van der Waals surface area (Å²) in [6.45, 7) is 2.03. The van der Waals surface area contributed by atoms with Crippen LogP contribution in [0.25, 0.3) is 17.2 Å². The van der Waals surface area contributed by atoms with E-state index < -0.39 is 11.6 Å². The lowest BCUT2D eigenvalue weighted by Crippen LogP contribution is -1.93. The Morgan fingerprint density at radius 1 is 0.944 bits per heavy atom. The van der Waals surface area contributed by atoms with Crippen LogP contribution < -0.4 is 0 Å².